The van der Waals surface area contributed by atoms with Crippen LogP contribution in [0.5, 0.6) is 5.75 Å². The Labute approximate surface area is 125 Å². The van der Waals surface area contributed by atoms with Gasteiger partial charge in [0.25, 0.3) is 0 Å². The minimum absolute atomic E-state index is 0.0679. The van der Waals surface area contributed by atoms with Crippen LogP contribution in [0.25, 0.3) is 5.69 Å². The number of benzene rings is 1. The lowest BCUT2D eigenvalue weighted by Crippen LogP contribution is -2.07. The van der Waals surface area contributed by atoms with Crippen molar-refractivity contribution in [2.45, 2.75) is 5.75 Å². The molecule has 1 aromatic heterocycles. The zero-order valence-corrected chi connectivity index (χ0v) is 12.3. The molecule has 0 spiro atoms. The molecule has 1 aliphatic rings. The van der Waals surface area contributed by atoms with Crippen molar-refractivity contribution >= 4 is 22.8 Å². The van der Waals surface area contributed by atoms with Gasteiger partial charge in [-0.2, -0.15) is 5.10 Å². The van der Waals surface area contributed by atoms with Crippen molar-refractivity contribution in [3.05, 3.63) is 41.2 Å². The van der Waals surface area contributed by atoms with Gasteiger partial charge in [-0.05, 0) is 24.3 Å². The lowest BCUT2D eigenvalue weighted by Gasteiger charge is -2.06. The number of esters is 1. The Hall–Kier alpha value is -2.28. The number of methoxy groups -OCH3 is 2. The van der Waals surface area contributed by atoms with Crippen molar-refractivity contribution in [3.8, 4) is 11.4 Å². The van der Waals surface area contributed by atoms with E-state index in [0.717, 1.165) is 28.9 Å². The van der Waals surface area contributed by atoms with Gasteiger partial charge in [-0.1, -0.05) is 11.8 Å². The maximum atomic E-state index is 11.9. The van der Waals surface area contributed by atoms with Crippen LogP contribution in [-0.2, 0) is 10.5 Å². The number of carbonyl (C=O) groups excluding carboxylic acids is 2. The summed E-state index contributed by atoms with van der Waals surface area (Å²) in [5.41, 5.74) is 1.90. The van der Waals surface area contributed by atoms with Crippen molar-refractivity contribution in [2.24, 2.45) is 0 Å². The van der Waals surface area contributed by atoms with Crippen molar-refractivity contribution in [3.63, 3.8) is 0 Å². The fourth-order valence-corrected chi connectivity index (χ4v) is 3.08. The van der Waals surface area contributed by atoms with Crippen LogP contribution in [-0.4, -0.2) is 35.1 Å². The molecular weight excluding hydrogens is 292 g/mol. The zero-order valence-electron chi connectivity index (χ0n) is 11.5. The van der Waals surface area contributed by atoms with Crippen molar-refractivity contribution < 1.29 is 19.1 Å². The van der Waals surface area contributed by atoms with Gasteiger partial charge < -0.3 is 9.47 Å². The van der Waals surface area contributed by atoms with E-state index in [1.54, 1.807) is 23.9 Å². The first-order chi connectivity index (χ1) is 10.2. The average Bonchev–Trinajstić information content (AvgIpc) is 3.08. The highest BCUT2D eigenvalue weighted by atomic mass is 32.2. The van der Waals surface area contributed by atoms with Crippen molar-refractivity contribution in [1.82, 2.24) is 9.78 Å². The largest absolute Gasteiger partial charge is 0.497 e. The van der Waals surface area contributed by atoms with E-state index in [4.69, 9.17) is 9.47 Å². The molecule has 0 N–H and O–H groups in total. The molecule has 0 amide bonds. The summed E-state index contributed by atoms with van der Waals surface area (Å²) in [7, 11) is 2.86. The maximum Gasteiger partial charge on any atom is 0.359 e. The van der Waals surface area contributed by atoms with E-state index in [1.807, 2.05) is 12.1 Å². The molecule has 0 fully saturated rings. The molecule has 7 heteroatoms. The summed E-state index contributed by atoms with van der Waals surface area (Å²) in [5.74, 6) is 0.611. The van der Waals surface area contributed by atoms with E-state index in [0.29, 0.717) is 11.3 Å². The van der Waals surface area contributed by atoms with Crippen LogP contribution >= 0.6 is 11.8 Å². The molecule has 0 aliphatic carbocycles. The van der Waals surface area contributed by atoms with Crippen molar-refractivity contribution in [1.29, 1.82) is 0 Å². The molecule has 0 bridgehead atoms. The molecule has 108 valence electrons. The Balaban J connectivity index is 2.13. The average molecular weight is 304 g/mol. The second-order valence-corrected chi connectivity index (χ2v) is 5.30. The lowest BCUT2D eigenvalue weighted by molar-refractivity contribution is 0.0591. The molecule has 0 unspecified atom stereocenters. The Kier molecular flexibility index (Phi) is 3.42. The molecule has 0 radical (unpaired) electrons. The van der Waals surface area contributed by atoms with Gasteiger partial charge in [-0.3, -0.25) is 4.79 Å². The van der Waals surface area contributed by atoms with Crippen LogP contribution in [0, 0.1) is 0 Å². The van der Waals surface area contributed by atoms with Crippen LogP contribution in [0.15, 0.2) is 24.3 Å². The number of fused-ring (bicyclic) bond motifs is 1. The summed E-state index contributed by atoms with van der Waals surface area (Å²) in [6.07, 6.45) is 0. The molecule has 0 saturated heterocycles. The fourth-order valence-electron chi connectivity index (χ4n) is 2.18. The highest BCUT2D eigenvalue weighted by Gasteiger charge is 2.33. The Morgan fingerprint density at radius 3 is 2.62 bits per heavy atom. The van der Waals surface area contributed by atoms with Crippen molar-refractivity contribution in [2.75, 3.05) is 14.2 Å². The molecular formula is C14H12N2O4S. The molecule has 2 aromatic rings. The number of hydrogen-bond acceptors (Lipinski definition) is 6. The molecule has 1 aromatic carbocycles. The predicted octanol–water partition coefficient (Wildman–Crippen LogP) is 2.05. The Bertz CT molecular complexity index is 721. The summed E-state index contributed by atoms with van der Waals surface area (Å²) in [6.45, 7) is 0. The van der Waals surface area contributed by atoms with Crippen LogP contribution in [0.4, 0.5) is 0 Å². The molecule has 6 nitrogen and oxygen atoms in total. The van der Waals surface area contributed by atoms with Gasteiger partial charge >= 0.3 is 5.97 Å². The lowest BCUT2D eigenvalue weighted by atomic mass is 10.2. The third-order valence-electron chi connectivity index (χ3n) is 3.22. The maximum absolute atomic E-state index is 11.9. The number of rotatable bonds is 3. The first-order valence-electron chi connectivity index (χ1n) is 6.17. The van der Waals surface area contributed by atoms with Gasteiger partial charge in [0.05, 0.1) is 31.2 Å². The van der Waals surface area contributed by atoms with Crippen LogP contribution in [0.3, 0.4) is 0 Å². The first-order valence-corrected chi connectivity index (χ1v) is 7.16. The smallest absolute Gasteiger partial charge is 0.359 e. The SMILES string of the molecule is COC(=O)c1nn(-c2ccc(OC)cc2)c2c1C(=O)SC2. The highest BCUT2D eigenvalue weighted by molar-refractivity contribution is 8.13. The summed E-state index contributed by atoms with van der Waals surface area (Å²) in [5, 5.41) is 4.10. The highest BCUT2D eigenvalue weighted by Crippen LogP contribution is 2.34. The number of aromatic nitrogens is 2. The third kappa shape index (κ3) is 2.19. The van der Waals surface area contributed by atoms with Gasteiger partial charge in [0.2, 0.25) is 5.12 Å². The molecule has 0 atom stereocenters. The summed E-state index contributed by atoms with van der Waals surface area (Å²) < 4.78 is 11.4. The second kappa shape index (κ2) is 5.25. The number of nitrogens with zero attached hydrogens (tertiary/aromatic N) is 2. The minimum Gasteiger partial charge on any atom is -0.497 e. The van der Waals surface area contributed by atoms with E-state index in [9.17, 15) is 9.59 Å². The van der Waals surface area contributed by atoms with E-state index in [2.05, 4.69) is 5.10 Å². The molecule has 0 saturated carbocycles. The fraction of sp³-hybridized carbons (Fsp3) is 0.214. The summed E-state index contributed by atoms with van der Waals surface area (Å²) >= 11 is 1.16. The van der Waals surface area contributed by atoms with Gasteiger partial charge in [-0.15, -0.1) is 0 Å². The second-order valence-electron chi connectivity index (χ2n) is 4.35. The number of hydrogen-bond donors (Lipinski definition) is 0. The van der Waals surface area contributed by atoms with Crippen LogP contribution in [0.2, 0.25) is 0 Å². The van der Waals surface area contributed by atoms with Gasteiger partial charge in [0.15, 0.2) is 5.69 Å². The van der Waals surface area contributed by atoms with E-state index in [1.165, 1.54) is 7.11 Å². The monoisotopic (exact) mass is 304 g/mol. The van der Waals surface area contributed by atoms with Crippen LogP contribution in [0.1, 0.15) is 26.5 Å². The summed E-state index contributed by atoms with van der Waals surface area (Å²) in [4.78, 5) is 23.7. The quantitative estimate of drug-likeness (QED) is 0.808. The first kappa shape index (κ1) is 13.7. The van der Waals surface area contributed by atoms with Gasteiger partial charge in [0.1, 0.15) is 5.75 Å². The standard InChI is InChI=1S/C14H12N2O4S/c1-19-9-5-3-8(4-6-9)16-10-7-21-14(18)11(10)12(15-16)13(17)20-2/h3-6H,7H2,1-2H3. The van der Waals surface area contributed by atoms with Gasteiger partial charge in [-0.25, -0.2) is 9.48 Å². The minimum atomic E-state index is -0.602. The third-order valence-corrected chi connectivity index (χ3v) is 4.10. The van der Waals surface area contributed by atoms with E-state index < -0.39 is 5.97 Å². The predicted molar refractivity (Wildman–Crippen MR) is 77.1 cm³/mol. The molecule has 21 heavy (non-hydrogen) atoms. The number of carbonyl (C=O) groups is 2. The molecule has 3 rings (SSSR count). The van der Waals surface area contributed by atoms with E-state index in [-0.39, 0.29) is 10.8 Å². The Morgan fingerprint density at radius 1 is 1.29 bits per heavy atom. The zero-order chi connectivity index (χ0) is 15.0. The normalized spacial score (nSPS) is 13.1. The van der Waals surface area contributed by atoms with E-state index >= 15 is 0 Å². The summed E-state index contributed by atoms with van der Waals surface area (Å²) in [6, 6.07) is 7.23. The Morgan fingerprint density at radius 2 is 2.00 bits per heavy atom. The van der Waals surface area contributed by atoms with Gasteiger partial charge in [0, 0.05) is 5.75 Å². The number of thioether (sulfide) groups is 1. The van der Waals surface area contributed by atoms with Crippen LogP contribution < -0.4 is 4.74 Å². The molecule has 2 heterocycles. The number of ether oxygens (including phenoxy) is 2. The topological polar surface area (TPSA) is 70.4 Å². The molecule has 1 aliphatic heterocycles.